The Bertz CT molecular complexity index is 1750. The third kappa shape index (κ3) is 6.43. The number of aromatic carboxylic acids is 1. The predicted molar refractivity (Wildman–Crippen MR) is 165 cm³/mol. The summed E-state index contributed by atoms with van der Waals surface area (Å²) in [4.78, 5) is 39.3. The van der Waals surface area contributed by atoms with E-state index < -0.39 is 17.1 Å². The minimum atomic E-state index is -1.10. The largest absolute Gasteiger partial charge is 0.478 e. The van der Waals surface area contributed by atoms with Crippen molar-refractivity contribution in [1.29, 1.82) is 0 Å². The van der Waals surface area contributed by atoms with E-state index in [2.05, 4.69) is 10.6 Å². The normalized spacial score (nSPS) is 11.6. The molecule has 0 radical (unpaired) electrons. The molecule has 5 aromatic rings. The maximum absolute atomic E-state index is 13.5. The second-order valence-corrected chi connectivity index (χ2v) is 11.0. The van der Waals surface area contributed by atoms with Gasteiger partial charge in [-0.15, -0.1) is 11.8 Å². The number of carboxylic acids is 1. The van der Waals surface area contributed by atoms with Crippen molar-refractivity contribution in [2.75, 3.05) is 10.6 Å². The number of amides is 2. The van der Waals surface area contributed by atoms with Crippen LogP contribution in [0.15, 0.2) is 114 Å². The van der Waals surface area contributed by atoms with Crippen molar-refractivity contribution in [3.05, 3.63) is 136 Å². The first kappa shape index (κ1) is 28.0. The van der Waals surface area contributed by atoms with Crippen molar-refractivity contribution in [2.24, 2.45) is 0 Å². The van der Waals surface area contributed by atoms with Crippen molar-refractivity contribution in [1.82, 2.24) is 0 Å². The molecule has 0 bridgehead atoms. The quantitative estimate of drug-likeness (QED) is 0.161. The summed E-state index contributed by atoms with van der Waals surface area (Å²) in [6.07, 6.45) is 0. The third-order valence-corrected chi connectivity index (χ3v) is 8.05. The lowest BCUT2D eigenvalue weighted by atomic mass is 9.98. The van der Waals surface area contributed by atoms with Gasteiger partial charge in [0.15, 0.2) is 0 Å². The minimum Gasteiger partial charge on any atom is -0.478 e. The summed E-state index contributed by atoms with van der Waals surface area (Å²) in [6, 6.07) is 32.1. The molecule has 0 saturated carbocycles. The molecule has 6 nitrogen and oxygen atoms in total. The van der Waals surface area contributed by atoms with Gasteiger partial charge in [0.25, 0.3) is 5.91 Å². The summed E-state index contributed by atoms with van der Waals surface area (Å²) in [5, 5.41) is 16.6. The fraction of sp³-hybridized carbons (Fsp3) is 0.0606. The van der Waals surface area contributed by atoms with Gasteiger partial charge >= 0.3 is 5.97 Å². The van der Waals surface area contributed by atoms with E-state index in [1.165, 1.54) is 17.8 Å². The molecular formula is C33H25ClN2O4S. The molecule has 5 rings (SSSR count). The van der Waals surface area contributed by atoms with E-state index >= 15 is 0 Å². The fourth-order valence-corrected chi connectivity index (χ4v) is 5.68. The molecule has 0 spiro atoms. The molecule has 0 aliphatic rings. The molecule has 1 atom stereocenters. The van der Waals surface area contributed by atoms with Crippen LogP contribution in [0.5, 0.6) is 0 Å². The lowest BCUT2D eigenvalue weighted by Gasteiger charge is -2.18. The summed E-state index contributed by atoms with van der Waals surface area (Å²) < 4.78 is 0. The van der Waals surface area contributed by atoms with Crippen LogP contribution < -0.4 is 10.6 Å². The van der Waals surface area contributed by atoms with E-state index in [4.69, 9.17) is 11.6 Å². The molecule has 41 heavy (non-hydrogen) atoms. The van der Waals surface area contributed by atoms with Crippen LogP contribution in [0.4, 0.5) is 11.4 Å². The first-order valence-corrected chi connectivity index (χ1v) is 14.0. The zero-order valence-corrected chi connectivity index (χ0v) is 23.5. The molecule has 8 heteroatoms. The van der Waals surface area contributed by atoms with Crippen LogP contribution in [0, 0.1) is 6.92 Å². The van der Waals surface area contributed by atoms with Crippen LogP contribution in [-0.2, 0) is 4.79 Å². The van der Waals surface area contributed by atoms with Crippen LogP contribution >= 0.6 is 23.4 Å². The molecule has 0 fully saturated rings. The van der Waals surface area contributed by atoms with Gasteiger partial charge in [-0.1, -0.05) is 72.3 Å². The molecule has 0 aromatic heterocycles. The predicted octanol–water partition coefficient (Wildman–Crippen LogP) is 8.22. The number of rotatable bonds is 8. The first-order chi connectivity index (χ1) is 19.8. The van der Waals surface area contributed by atoms with Crippen LogP contribution in [0.1, 0.15) is 37.1 Å². The van der Waals surface area contributed by atoms with Crippen LogP contribution in [0.25, 0.3) is 10.8 Å². The zero-order chi connectivity index (χ0) is 28.9. The topological polar surface area (TPSA) is 95.5 Å². The van der Waals surface area contributed by atoms with Gasteiger partial charge in [-0.05, 0) is 72.0 Å². The maximum atomic E-state index is 13.5. The number of carboxylic acid groups (broad SMARTS) is 1. The van der Waals surface area contributed by atoms with Gasteiger partial charge in [-0.2, -0.15) is 0 Å². The molecule has 5 aromatic carbocycles. The molecule has 1 unspecified atom stereocenters. The number of halogens is 1. The van der Waals surface area contributed by atoms with E-state index in [0.717, 1.165) is 16.0 Å². The highest BCUT2D eigenvalue weighted by molar-refractivity contribution is 8.00. The Morgan fingerprint density at radius 2 is 1.46 bits per heavy atom. The number of carbonyl (C=O) groups is 3. The number of thioether (sulfide) groups is 1. The first-order valence-electron chi connectivity index (χ1n) is 12.8. The molecule has 0 saturated heterocycles. The summed E-state index contributed by atoms with van der Waals surface area (Å²) in [7, 11) is 0. The fourth-order valence-electron chi connectivity index (χ4n) is 4.49. The summed E-state index contributed by atoms with van der Waals surface area (Å²) in [5.41, 5.74) is 3.29. The van der Waals surface area contributed by atoms with Gasteiger partial charge in [0, 0.05) is 32.2 Å². The van der Waals surface area contributed by atoms with E-state index in [-0.39, 0.29) is 17.0 Å². The summed E-state index contributed by atoms with van der Waals surface area (Å²) in [5.74, 6) is -1.70. The SMILES string of the molecule is Cc1ccc(Cl)cc1NC(=O)C(Sc1ccc(NC(=O)c2cccc3cccc(C(=O)O)c23)cc1)c1ccccc1. The number of anilines is 2. The number of aryl methyl sites for hydroxylation is 1. The van der Waals surface area contributed by atoms with Gasteiger partial charge in [-0.25, -0.2) is 4.79 Å². The second kappa shape index (κ2) is 12.3. The maximum Gasteiger partial charge on any atom is 0.336 e. The van der Waals surface area contributed by atoms with Crippen LogP contribution in [0.2, 0.25) is 5.02 Å². The number of carbonyl (C=O) groups excluding carboxylic acids is 2. The molecule has 2 amide bonds. The molecular weight excluding hydrogens is 556 g/mol. The number of fused-ring (bicyclic) bond motifs is 1. The van der Waals surface area contributed by atoms with E-state index in [1.807, 2.05) is 55.5 Å². The number of hydrogen-bond donors (Lipinski definition) is 3. The molecule has 0 aliphatic carbocycles. The van der Waals surface area contributed by atoms with Gasteiger partial charge in [0.05, 0.1) is 5.56 Å². The Labute approximate surface area is 246 Å². The Morgan fingerprint density at radius 3 is 2.15 bits per heavy atom. The minimum absolute atomic E-state index is 0.0678. The average Bonchev–Trinajstić information content (AvgIpc) is 2.98. The Kier molecular flexibility index (Phi) is 8.38. The lowest BCUT2D eigenvalue weighted by molar-refractivity contribution is -0.115. The third-order valence-electron chi connectivity index (χ3n) is 6.54. The molecule has 3 N–H and O–H groups in total. The van der Waals surface area contributed by atoms with Crippen LogP contribution in [0.3, 0.4) is 0 Å². The second-order valence-electron chi connectivity index (χ2n) is 9.35. The van der Waals surface area contributed by atoms with Gasteiger partial charge in [-0.3, -0.25) is 9.59 Å². The van der Waals surface area contributed by atoms with E-state index in [0.29, 0.717) is 27.2 Å². The average molecular weight is 581 g/mol. The van der Waals surface area contributed by atoms with Crippen molar-refractivity contribution in [2.45, 2.75) is 17.1 Å². The Balaban J connectivity index is 1.36. The number of nitrogens with one attached hydrogen (secondary N) is 2. The summed E-state index contributed by atoms with van der Waals surface area (Å²) in [6.45, 7) is 1.91. The Morgan fingerprint density at radius 1 is 0.780 bits per heavy atom. The highest BCUT2D eigenvalue weighted by Crippen LogP contribution is 2.37. The van der Waals surface area contributed by atoms with E-state index in [9.17, 15) is 19.5 Å². The zero-order valence-electron chi connectivity index (χ0n) is 21.9. The van der Waals surface area contributed by atoms with E-state index in [1.54, 1.807) is 54.6 Å². The van der Waals surface area contributed by atoms with Crippen LogP contribution in [-0.4, -0.2) is 22.9 Å². The smallest absolute Gasteiger partial charge is 0.336 e. The standard InChI is InChI=1S/C33H25ClN2O4S/c1-20-13-14-23(34)19-28(20)36-32(38)30(22-7-3-2-4-8-22)41-25-17-15-24(16-18-25)35-31(37)26-11-5-9-21-10-6-12-27(29(21)26)33(39)40/h2-19,30H,1H3,(H,35,37)(H,36,38)(H,39,40). The molecule has 0 aliphatic heterocycles. The highest BCUT2D eigenvalue weighted by atomic mass is 35.5. The molecule has 0 heterocycles. The number of hydrogen-bond acceptors (Lipinski definition) is 4. The van der Waals surface area contributed by atoms with Crippen molar-refractivity contribution in [3.8, 4) is 0 Å². The van der Waals surface area contributed by atoms with Gasteiger partial charge in [0.2, 0.25) is 5.91 Å². The van der Waals surface area contributed by atoms with Crippen molar-refractivity contribution in [3.63, 3.8) is 0 Å². The summed E-state index contributed by atoms with van der Waals surface area (Å²) >= 11 is 7.54. The van der Waals surface area contributed by atoms with Crippen molar-refractivity contribution >= 4 is 63.3 Å². The number of benzene rings is 5. The Hall–Kier alpha value is -4.59. The molecule has 204 valence electrons. The van der Waals surface area contributed by atoms with Crippen molar-refractivity contribution < 1.29 is 19.5 Å². The highest BCUT2D eigenvalue weighted by Gasteiger charge is 2.23. The lowest BCUT2D eigenvalue weighted by Crippen LogP contribution is -2.19. The van der Waals surface area contributed by atoms with Gasteiger partial charge in [0.1, 0.15) is 5.25 Å². The monoisotopic (exact) mass is 580 g/mol. The van der Waals surface area contributed by atoms with Gasteiger partial charge < -0.3 is 15.7 Å².